The maximum atomic E-state index is 14.2. The lowest BCUT2D eigenvalue weighted by atomic mass is 9.33. The quantitative estimate of drug-likeness (QED) is 0.228. The lowest BCUT2D eigenvalue weighted by Crippen LogP contribution is -2.66. The maximum Gasteiger partial charge on any atom is 0.309 e. The molecule has 0 unspecified atom stereocenters. The van der Waals surface area contributed by atoms with E-state index in [1.807, 2.05) is 0 Å². The van der Waals surface area contributed by atoms with Crippen LogP contribution in [0.5, 0.6) is 0 Å². The van der Waals surface area contributed by atoms with Gasteiger partial charge in [-0.1, -0.05) is 84.4 Å². The molecule has 4 saturated carbocycles. The molecule has 0 bridgehead atoms. The molecule has 310 valence electrons. The van der Waals surface area contributed by atoms with Crippen LogP contribution in [-0.2, 0) is 25.5 Å². The summed E-state index contributed by atoms with van der Waals surface area (Å²) in [5.74, 6) is 0.881. The van der Waals surface area contributed by atoms with E-state index in [1.54, 1.807) is 13.8 Å². The van der Waals surface area contributed by atoms with Crippen molar-refractivity contribution in [2.75, 3.05) is 19.6 Å². The predicted octanol–water partition coefficient (Wildman–Crippen LogP) is 9.70. The number of nitrogens with zero attached hydrogens (tertiary/aromatic N) is 1. The van der Waals surface area contributed by atoms with Crippen molar-refractivity contribution in [3.63, 3.8) is 0 Å². The highest BCUT2D eigenvalue weighted by Gasteiger charge is 2.71. The van der Waals surface area contributed by atoms with Crippen molar-refractivity contribution >= 4 is 17.7 Å². The molecule has 7 heteroatoms. The van der Waals surface area contributed by atoms with Crippen LogP contribution in [0.2, 0.25) is 0 Å². The number of ketones is 1. The summed E-state index contributed by atoms with van der Waals surface area (Å²) in [5.41, 5.74) is 2.11. The minimum atomic E-state index is -1.16. The SMILES string of the molecule is CC(C)C1=C2[C@H]3CC[C@@H]4[C@@]5(C)CC[C@H](OC(=O)CC(C)(C)C(=O)O)C(C)(C)[C@@H]5CC[C@@]4(C)[C@]3(C)CC[C@@]2([C@H](O)CN2CCC(Cc3ccccc3)CC2)CC1=O. The zero-order valence-corrected chi connectivity index (χ0v) is 36.2. The van der Waals surface area contributed by atoms with E-state index in [9.17, 15) is 24.6 Å². The zero-order chi connectivity index (χ0) is 40.6. The Labute approximate surface area is 337 Å². The van der Waals surface area contributed by atoms with Gasteiger partial charge in [-0.2, -0.15) is 0 Å². The number of carboxylic acids is 1. The molecule has 2 N–H and O–H groups in total. The largest absolute Gasteiger partial charge is 0.481 e. The highest BCUT2D eigenvalue weighted by atomic mass is 16.5. The Morgan fingerprint density at radius 3 is 2.20 bits per heavy atom. The Balaban J connectivity index is 1.10. The molecular formula is C49H73NO6. The number of hydrogen-bond acceptors (Lipinski definition) is 6. The fourth-order valence-corrected chi connectivity index (χ4v) is 14.7. The summed E-state index contributed by atoms with van der Waals surface area (Å²) in [6.45, 7) is 22.5. The Morgan fingerprint density at radius 1 is 0.875 bits per heavy atom. The van der Waals surface area contributed by atoms with E-state index < -0.39 is 28.9 Å². The van der Waals surface area contributed by atoms with Gasteiger partial charge in [0.25, 0.3) is 0 Å². The molecule has 7 rings (SSSR count). The second-order valence-corrected chi connectivity index (χ2v) is 22.0. The minimum absolute atomic E-state index is 0.0128. The van der Waals surface area contributed by atoms with E-state index in [0.29, 0.717) is 30.7 Å². The van der Waals surface area contributed by atoms with Crippen LogP contribution in [0, 0.1) is 62.1 Å². The van der Waals surface area contributed by atoms with Crippen LogP contribution >= 0.6 is 0 Å². The summed E-state index contributed by atoms with van der Waals surface area (Å²) >= 11 is 0. The number of piperidine rings is 1. The second-order valence-electron chi connectivity index (χ2n) is 22.0. The van der Waals surface area contributed by atoms with Gasteiger partial charge >= 0.3 is 11.9 Å². The third kappa shape index (κ3) is 6.65. The monoisotopic (exact) mass is 772 g/mol. The Morgan fingerprint density at radius 2 is 1.55 bits per heavy atom. The number of fused-ring (bicyclic) bond motifs is 7. The van der Waals surface area contributed by atoms with Gasteiger partial charge in [0.2, 0.25) is 0 Å². The zero-order valence-electron chi connectivity index (χ0n) is 36.2. The van der Waals surface area contributed by atoms with E-state index >= 15 is 0 Å². The van der Waals surface area contributed by atoms with E-state index in [0.717, 1.165) is 89.3 Å². The Bertz CT molecular complexity index is 1710. The number of aliphatic hydroxyl groups excluding tert-OH is 1. The van der Waals surface area contributed by atoms with Gasteiger partial charge in [0, 0.05) is 23.8 Å². The molecule has 0 aromatic heterocycles. The number of esters is 1. The summed E-state index contributed by atoms with van der Waals surface area (Å²) in [6, 6.07) is 10.8. The lowest BCUT2D eigenvalue weighted by molar-refractivity contribution is -0.235. The molecule has 1 heterocycles. The third-order valence-electron chi connectivity index (χ3n) is 18.0. The van der Waals surface area contributed by atoms with Crippen molar-refractivity contribution in [3.05, 3.63) is 47.0 Å². The van der Waals surface area contributed by atoms with E-state index in [1.165, 1.54) is 11.1 Å². The number of β-amino-alcohol motifs (C(OH)–C–C–N with tert-alkyl or cyclic N) is 1. The number of likely N-dealkylation sites (tertiary alicyclic amines) is 1. The normalized spacial score (nSPS) is 38.0. The van der Waals surface area contributed by atoms with Crippen molar-refractivity contribution in [3.8, 4) is 0 Å². The first kappa shape index (κ1) is 41.6. The number of ether oxygens (including phenoxy) is 1. The van der Waals surface area contributed by atoms with Gasteiger partial charge in [-0.3, -0.25) is 14.4 Å². The first-order chi connectivity index (χ1) is 26.2. The van der Waals surface area contributed by atoms with Gasteiger partial charge in [-0.05, 0) is 155 Å². The lowest BCUT2D eigenvalue weighted by Gasteiger charge is -2.72. The number of aliphatic hydroxyl groups is 1. The Kier molecular flexibility index (Phi) is 10.9. The van der Waals surface area contributed by atoms with Crippen LogP contribution in [0.15, 0.2) is 41.5 Å². The molecule has 0 spiro atoms. The van der Waals surface area contributed by atoms with Crippen molar-refractivity contribution in [2.24, 2.45) is 62.1 Å². The highest BCUT2D eigenvalue weighted by Crippen LogP contribution is 2.77. The van der Waals surface area contributed by atoms with Crippen molar-refractivity contribution in [1.82, 2.24) is 4.90 Å². The number of carbonyl (C=O) groups is 3. The second kappa shape index (κ2) is 14.6. The molecule has 6 aliphatic rings. The molecule has 0 amide bonds. The fourth-order valence-electron chi connectivity index (χ4n) is 14.7. The predicted molar refractivity (Wildman–Crippen MR) is 221 cm³/mol. The Hall–Kier alpha value is -2.51. The minimum Gasteiger partial charge on any atom is -0.481 e. The van der Waals surface area contributed by atoms with Crippen LogP contribution in [0.4, 0.5) is 0 Å². The summed E-state index contributed by atoms with van der Waals surface area (Å²) in [5, 5.41) is 22.2. The summed E-state index contributed by atoms with van der Waals surface area (Å²) in [4.78, 5) is 41.6. The molecule has 7 nitrogen and oxygen atoms in total. The van der Waals surface area contributed by atoms with Gasteiger partial charge in [0.15, 0.2) is 5.78 Å². The van der Waals surface area contributed by atoms with Gasteiger partial charge in [0.05, 0.1) is 17.9 Å². The number of hydrogen-bond donors (Lipinski definition) is 2. The first-order valence-electron chi connectivity index (χ1n) is 22.3. The van der Waals surface area contributed by atoms with Gasteiger partial charge in [-0.25, -0.2) is 0 Å². The van der Waals surface area contributed by atoms with Crippen LogP contribution < -0.4 is 0 Å². The van der Waals surface area contributed by atoms with Crippen LogP contribution in [0.25, 0.3) is 0 Å². The third-order valence-corrected chi connectivity index (χ3v) is 18.0. The number of allylic oxidation sites excluding steroid dienone is 1. The molecule has 1 aromatic rings. The van der Waals surface area contributed by atoms with Crippen molar-refractivity contribution in [2.45, 2.75) is 158 Å². The molecule has 5 aliphatic carbocycles. The highest BCUT2D eigenvalue weighted by molar-refractivity contribution is 6.00. The van der Waals surface area contributed by atoms with Gasteiger partial charge in [0.1, 0.15) is 6.10 Å². The first-order valence-corrected chi connectivity index (χ1v) is 22.3. The van der Waals surface area contributed by atoms with E-state index in [2.05, 4.69) is 83.7 Å². The fraction of sp³-hybridized carbons (Fsp3) is 0.776. The van der Waals surface area contributed by atoms with Crippen LogP contribution in [0.1, 0.15) is 145 Å². The average molecular weight is 772 g/mol. The van der Waals surface area contributed by atoms with Crippen LogP contribution in [0.3, 0.4) is 0 Å². The summed E-state index contributed by atoms with van der Waals surface area (Å²) < 4.78 is 6.19. The number of Topliss-reactive ketones (excluding diaryl/α,β-unsaturated/α-hetero) is 1. The molecular weight excluding hydrogens is 699 g/mol. The molecule has 1 saturated heterocycles. The number of aliphatic carboxylic acids is 1. The molecule has 1 aromatic carbocycles. The van der Waals surface area contributed by atoms with Crippen molar-refractivity contribution in [1.29, 1.82) is 0 Å². The standard InChI is InChI=1S/C49H73NO6/c1-31(2)41-35(51)28-49(38(52)30-50-25-19-33(20-26-50)27-32-13-11-10-12-14-32)24-23-47(8)34(42(41)49)15-16-37-46(7)21-18-39(56-40(53)29-44(3,4)43(54)55)45(5,6)36(46)17-22-48(37,47)9/h10-14,31,33-34,36-39,52H,15-30H2,1-9H3,(H,54,55)/t34-,36+,37-,38-,39+,46+,47-,48-,49+/m1/s1. The molecule has 5 fully saturated rings. The van der Waals surface area contributed by atoms with E-state index in [-0.39, 0.29) is 51.8 Å². The van der Waals surface area contributed by atoms with Gasteiger partial charge in [-0.15, -0.1) is 0 Å². The summed E-state index contributed by atoms with van der Waals surface area (Å²) in [6.07, 6.45) is 11.0. The molecule has 56 heavy (non-hydrogen) atoms. The topological polar surface area (TPSA) is 104 Å². The van der Waals surface area contributed by atoms with E-state index in [4.69, 9.17) is 4.74 Å². The molecule has 1 aliphatic heterocycles. The van der Waals surface area contributed by atoms with Crippen molar-refractivity contribution < 1.29 is 29.3 Å². The molecule has 0 radical (unpaired) electrons. The maximum absolute atomic E-state index is 14.2. The smallest absolute Gasteiger partial charge is 0.309 e. The number of carbonyl (C=O) groups excluding carboxylic acids is 2. The van der Waals surface area contributed by atoms with Gasteiger partial charge < -0.3 is 19.8 Å². The summed E-state index contributed by atoms with van der Waals surface area (Å²) in [7, 11) is 0. The number of rotatable bonds is 10. The molecule has 9 atom stereocenters. The number of carboxylic acid groups (broad SMARTS) is 1. The number of benzene rings is 1. The van der Waals surface area contributed by atoms with Crippen LogP contribution in [-0.4, -0.2) is 64.7 Å². The average Bonchev–Trinajstić information content (AvgIpc) is 3.44.